The van der Waals surface area contributed by atoms with E-state index in [2.05, 4.69) is 46.5 Å². The SMILES string of the molecule is Cc1ccc(CCNc2nc(N)c(N)c(N)n2)cc1. The molecule has 1 aromatic heterocycles. The average Bonchev–Trinajstić information content (AvgIpc) is 2.38. The largest absolute Gasteiger partial charge is 0.393 e. The maximum absolute atomic E-state index is 5.62. The van der Waals surface area contributed by atoms with Crippen LogP contribution in [0, 0.1) is 6.92 Å². The molecule has 19 heavy (non-hydrogen) atoms. The topological polar surface area (TPSA) is 116 Å². The molecule has 1 aromatic carbocycles. The number of aromatic nitrogens is 2. The molecule has 0 bridgehead atoms. The number of aryl methyl sites for hydroxylation is 1. The fourth-order valence-corrected chi connectivity index (χ4v) is 1.66. The lowest BCUT2D eigenvalue weighted by molar-refractivity contribution is 0.987. The first-order valence-corrected chi connectivity index (χ1v) is 6.04. The van der Waals surface area contributed by atoms with E-state index in [4.69, 9.17) is 17.2 Å². The molecule has 0 radical (unpaired) electrons. The summed E-state index contributed by atoms with van der Waals surface area (Å²) in [6.07, 6.45) is 0.869. The third kappa shape index (κ3) is 3.25. The lowest BCUT2D eigenvalue weighted by Gasteiger charge is -2.08. The summed E-state index contributed by atoms with van der Waals surface area (Å²) in [6, 6.07) is 8.38. The number of hydrogen-bond donors (Lipinski definition) is 4. The van der Waals surface area contributed by atoms with Gasteiger partial charge in [-0.2, -0.15) is 9.97 Å². The number of nitrogens with one attached hydrogen (secondary N) is 1. The molecule has 100 valence electrons. The molecule has 0 aliphatic heterocycles. The first-order chi connectivity index (χ1) is 9.06. The van der Waals surface area contributed by atoms with E-state index in [1.54, 1.807) is 0 Å². The highest BCUT2D eigenvalue weighted by molar-refractivity contribution is 5.72. The zero-order valence-corrected chi connectivity index (χ0v) is 10.9. The van der Waals surface area contributed by atoms with Gasteiger partial charge in [0.1, 0.15) is 5.69 Å². The minimum absolute atomic E-state index is 0.199. The molecule has 0 atom stereocenters. The number of hydrogen-bond acceptors (Lipinski definition) is 6. The minimum atomic E-state index is 0.199. The summed E-state index contributed by atoms with van der Waals surface area (Å²) in [7, 11) is 0. The normalized spacial score (nSPS) is 10.4. The van der Waals surface area contributed by atoms with Crippen molar-refractivity contribution >= 4 is 23.3 Å². The summed E-state index contributed by atoms with van der Waals surface area (Å²) in [5.74, 6) is 0.798. The van der Waals surface area contributed by atoms with E-state index < -0.39 is 0 Å². The maximum Gasteiger partial charge on any atom is 0.226 e. The molecular formula is C13H18N6. The van der Waals surface area contributed by atoms with Crippen LogP contribution in [-0.4, -0.2) is 16.5 Å². The standard InChI is InChI=1S/C13H18N6/c1-8-2-4-9(5-3-8)6-7-17-13-18-11(15)10(14)12(16)19-13/h2-5H,6-7,14H2,1H3,(H5,15,16,17,18,19). The highest BCUT2D eigenvalue weighted by atomic mass is 15.1. The summed E-state index contributed by atoms with van der Waals surface area (Å²) < 4.78 is 0. The Morgan fingerprint density at radius 2 is 1.58 bits per heavy atom. The number of nitrogen functional groups attached to an aromatic ring is 3. The van der Waals surface area contributed by atoms with Gasteiger partial charge < -0.3 is 22.5 Å². The van der Waals surface area contributed by atoms with Crippen LogP contribution in [0.3, 0.4) is 0 Å². The Hall–Kier alpha value is -2.50. The predicted octanol–water partition coefficient (Wildman–Crippen LogP) is 1.19. The highest BCUT2D eigenvalue weighted by Gasteiger charge is 2.05. The van der Waals surface area contributed by atoms with Crippen LogP contribution >= 0.6 is 0 Å². The summed E-state index contributed by atoms with van der Waals surface area (Å²) >= 11 is 0. The minimum Gasteiger partial charge on any atom is -0.393 e. The van der Waals surface area contributed by atoms with Crippen molar-refractivity contribution in [2.24, 2.45) is 0 Å². The van der Waals surface area contributed by atoms with E-state index in [9.17, 15) is 0 Å². The van der Waals surface area contributed by atoms with Crippen LogP contribution in [0.15, 0.2) is 24.3 Å². The van der Waals surface area contributed by atoms with Crippen LogP contribution in [0.5, 0.6) is 0 Å². The first kappa shape index (κ1) is 12.9. The van der Waals surface area contributed by atoms with E-state index in [0.717, 1.165) is 6.42 Å². The smallest absolute Gasteiger partial charge is 0.226 e. The first-order valence-electron chi connectivity index (χ1n) is 6.04. The van der Waals surface area contributed by atoms with Crippen molar-refractivity contribution in [2.75, 3.05) is 29.1 Å². The van der Waals surface area contributed by atoms with Gasteiger partial charge in [0.2, 0.25) is 5.95 Å². The van der Waals surface area contributed by atoms with Crippen molar-refractivity contribution in [2.45, 2.75) is 13.3 Å². The summed E-state index contributed by atoms with van der Waals surface area (Å²) in [5, 5.41) is 3.08. The molecule has 7 N–H and O–H groups in total. The number of benzene rings is 1. The lowest BCUT2D eigenvalue weighted by atomic mass is 10.1. The summed E-state index contributed by atoms with van der Waals surface area (Å²) in [4.78, 5) is 8.06. The number of rotatable bonds is 4. The van der Waals surface area contributed by atoms with E-state index in [0.29, 0.717) is 12.5 Å². The zero-order chi connectivity index (χ0) is 13.8. The second kappa shape index (κ2) is 5.43. The second-order valence-corrected chi connectivity index (χ2v) is 4.39. The van der Waals surface area contributed by atoms with Gasteiger partial charge in [0.25, 0.3) is 0 Å². The molecule has 0 saturated carbocycles. The Bertz CT molecular complexity index is 541. The Kier molecular flexibility index (Phi) is 3.70. The van der Waals surface area contributed by atoms with Crippen LogP contribution in [-0.2, 0) is 6.42 Å². The van der Waals surface area contributed by atoms with E-state index >= 15 is 0 Å². The van der Waals surface area contributed by atoms with Gasteiger partial charge in [0.05, 0.1) is 0 Å². The summed E-state index contributed by atoms with van der Waals surface area (Å²) in [6.45, 7) is 2.77. The van der Waals surface area contributed by atoms with Crippen molar-refractivity contribution in [1.82, 2.24) is 9.97 Å². The highest BCUT2D eigenvalue weighted by Crippen LogP contribution is 2.19. The molecule has 2 rings (SSSR count). The molecule has 2 aromatic rings. The van der Waals surface area contributed by atoms with Gasteiger partial charge in [-0.15, -0.1) is 0 Å². The lowest BCUT2D eigenvalue weighted by Crippen LogP contribution is -2.12. The van der Waals surface area contributed by atoms with E-state index in [1.165, 1.54) is 11.1 Å². The fraction of sp³-hybridized carbons (Fsp3) is 0.231. The molecule has 0 unspecified atom stereocenters. The van der Waals surface area contributed by atoms with Crippen LogP contribution in [0.1, 0.15) is 11.1 Å². The number of nitrogens with two attached hydrogens (primary N) is 3. The van der Waals surface area contributed by atoms with E-state index in [1.807, 2.05) is 0 Å². The molecule has 0 fully saturated rings. The van der Waals surface area contributed by atoms with Crippen molar-refractivity contribution < 1.29 is 0 Å². The van der Waals surface area contributed by atoms with Crippen molar-refractivity contribution in [1.29, 1.82) is 0 Å². The molecule has 0 aliphatic carbocycles. The molecule has 6 nitrogen and oxygen atoms in total. The van der Waals surface area contributed by atoms with Gasteiger partial charge >= 0.3 is 0 Å². The third-order valence-electron chi connectivity index (χ3n) is 2.82. The molecule has 6 heteroatoms. The molecule has 0 saturated heterocycles. The number of anilines is 4. The van der Waals surface area contributed by atoms with Crippen molar-refractivity contribution in [3.8, 4) is 0 Å². The van der Waals surface area contributed by atoms with E-state index in [-0.39, 0.29) is 17.3 Å². The van der Waals surface area contributed by atoms with Gasteiger partial charge in [-0.05, 0) is 18.9 Å². The van der Waals surface area contributed by atoms with Gasteiger partial charge in [-0.3, -0.25) is 0 Å². The Labute approximate surface area is 112 Å². The van der Waals surface area contributed by atoms with Crippen molar-refractivity contribution in [3.05, 3.63) is 35.4 Å². The van der Waals surface area contributed by atoms with Gasteiger partial charge in [0, 0.05) is 6.54 Å². The third-order valence-corrected chi connectivity index (χ3v) is 2.82. The Balaban J connectivity index is 1.94. The fourth-order valence-electron chi connectivity index (χ4n) is 1.66. The van der Waals surface area contributed by atoms with Crippen LogP contribution in [0.25, 0.3) is 0 Å². The van der Waals surface area contributed by atoms with Crippen LogP contribution in [0.2, 0.25) is 0 Å². The average molecular weight is 258 g/mol. The van der Waals surface area contributed by atoms with Crippen LogP contribution in [0.4, 0.5) is 23.3 Å². The van der Waals surface area contributed by atoms with Gasteiger partial charge in [-0.25, -0.2) is 0 Å². The predicted molar refractivity (Wildman–Crippen MR) is 78.6 cm³/mol. The second-order valence-electron chi connectivity index (χ2n) is 4.39. The molecule has 0 amide bonds. The molecular weight excluding hydrogens is 240 g/mol. The maximum atomic E-state index is 5.62. The number of nitrogens with zero attached hydrogens (tertiary/aromatic N) is 2. The molecule has 0 spiro atoms. The Morgan fingerprint density at radius 3 is 2.16 bits per heavy atom. The monoisotopic (exact) mass is 258 g/mol. The Morgan fingerprint density at radius 1 is 1.00 bits per heavy atom. The summed E-state index contributed by atoms with van der Waals surface area (Å²) in [5.41, 5.74) is 19.6. The van der Waals surface area contributed by atoms with Gasteiger partial charge in [0.15, 0.2) is 11.6 Å². The van der Waals surface area contributed by atoms with Gasteiger partial charge in [-0.1, -0.05) is 29.8 Å². The zero-order valence-electron chi connectivity index (χ0n) is 10.9. The van der Waals surface area contributed by atoms with Crippen molar-refractivity contribution in [3.63, 3.8) is 0 Å². The van der Waals surface area contributed by atoms with Crippen LogP contribution < -0.4 is 22.5 Å². The molecule has 0 aliphatic rings. The quantitative estimate of drug-likeness (QED) is 0.654. The molecule has 1 heterocycles.